The summed E-state index contributed by atoms with van der Waals surface area (Å²) in [5.74, 6) is -0.542. The summed E-state index contributed by atoms with van der Waals surface area (Å²) in [5, 5.41) is 3.56. The highest BCUT2D eigenvalue weighted by Crippen LogP contribution is 2.22. The lowest BCUT2D eigenvalue weighted by molar-refractivity contribution is -0.140. The second kappa shape index (κ2) is 11.5. The molecule has 2 aromatic carbocycles. The van der Waals surface area contributed by atoms with E-state index in [0.29, 0.717) is 15.7 Å². The van der Waals surface area contributed by atoms with E-state index < -0.39 is 16.1 Å². The maximum atomic E-state index is 13.0. The van der Waals surface area contributed by atoms with E-state index in [4.69, 9.17) is 23.2 Å². The van der Waals surface area contributed by atoms with Crippen molar-refractivity contribution < 1.29 is 18.0 Å². The van der Waals surface area contributed by atoms with Crippen LogP contribution in [0.2, 0.25) is 10.0 Å². The number of carbonyl (C=O) groups is 2. The molecular formula is C22H27Cl2N3O4S. The average Bonchev–Trinajstić information content (AvgIpc) is 2.74. The molecule has 0 saturated heterocycles. The van der Waals surface area contributed by atoms with Crippen LogP contribution in [0, 0.1) is 0 Å². The first-order valence-corrected chi connectivity index (χ1v) is 12.6. The third-order valence-electron chi connectivity index (χ3n) is 4.93. The number of amides is 2. The molecule has 0 unspecified atom stereocenters. The summed E-state index contributed by atoms with van der Waals surface area (Å²) >= 11 is 11.9. The highest BCUT2D eigenvalue weighted by molar-refractivity contribution is 7.92. The van der Waals surface area contributed by atoms with E-state index in [-0.39, 0.29) is 37.7 Å². The zero-order valence-electron chi connectivity index (χ0n) is 18.2. The van der Waals surface area contributed by atoms with Crippen molar-refractivity contribution in [1.29, 1.82) is 0 Å². The molecule has 1 atom stereocenters. The van der Waals surface area contributed by atoms with Crippen molar-refractivity contribution in [2.45, 2.75) is 32.4 Å². The van der Waals surface area contributed by atoms with Crippen LogP contribution in [0.5, 0.6) is 0 Å². The van der Waals surface area contributed by atoms with Gasteiger partial charge in [0.25, 0.3) is 0 Å². The molecule has 2 aromatic rings. The summed E-state index contributed by atoms with van der Waals surface area (Å²) in [6.07, 6.45) is 1.45. The van der Waals surface area contributed by atoms with E-state index >= 15 is 0 Å². The molecule has 0 spiro atoms. The predicted molar refractivity (Wildman–Crippen MR) is 128 cm³/mol. The Morgan fingerprint density at radius 3 is 2.28 bits per heavy atom. The molecule has 0 bridgehead atoms. The van der Waals surface area contributed by atoms with Crippen LogP contribution in [0.1, 0.15) is 25.3 Å². The monoisotopic (exact) mass is 499 g/mol. The number of carbonyl (C=O) groups excluding carboxylic acids is 2. The third-order valence-corrected chi connectivity index (χ3v) is 6.61. The van der Waals surface area contributed by atoms with Crippen LogP contribution >= 0.6 is 23.2 Å². The van der Waals surface area contributed by atoms with Crippen LogP contribution in [-0.4, -0.2) is 51.0 Å². The van der Waals surface area contributed by atoms with Gasteiger partial charge in [0.1, 0.15) is 6.04 Å². The van der Waals surface area contributed by atoms with Gasteiger partial charge in [0.05, 0.1) is 11.9 Å². The molecule has 0 aliphatic carbocycles. The van der Waals surface area contributed by atoms with Gasteiger partial charge in [-0.3, -0.25) is 13.9 Å². The first-order chi connectivity index (χ1) is 15.0. The molecular weight excluding hydrogens is 473 g/mol. The Balaban J connectivity index is 2.13. The molecule has 2 rings (SSSR count). The number of hydrogen-bond acceptors (Lipinski definition) is 4. The second-order valence-electron chi connectivity index (χ2n) is 7.36. The van der Waals surface area contributed by atoms with Gasteiger partial charge in [-0.15, -0.1) is 0 Å². The summed E-state index contributed by atoms with van der Waals surface area (Å²) in [6, 6.07) is 12.9. The summed E-state index contributed by atoms with van der Waals surface area (Å²) in [6.45, 7) is 1.99. The van der Waals surface area contributed by atoms with Crippen LogP contribution in [0.3, 0.4) is 0 Å². The fourth-order valence-corrected chi connectivity index (χ4v) is 4.48. The first kappa shape index (κ1) is 26.0. The van der Waals surface area contributed by atoms with Gasteiger partial charge < -0.3 is 10.2 Å². The fourth-order valence-electron chi connectivity index (χ4n) is 3.21. The molecule has 0 aromatic heterocycles. The third kappa shape index (κ3) is 7.39. The van der Waals surface area contributed by atoms with Crippen molar-refractivity contribution in [3.63, 3.8) is 0 Å². The van der Waals surface area contributed by atoms with Crippen molar-refractivity contribution in [2.24, 2.45) is 0 Å². The van der Waals surface area contributed by atoms with Gasteiger partial charge >= 0.3 is 0 Å². The van der Waals surface area contributed by atoms with Gasteiger partial charge in [-0.2, -0.15) is 0 Å². The Hall–Kier alpha value is -2.29. The lowest BCUT2D eigenvalue weighted by Gasteiger charge is -2.29. The van der Waals surface area contributed by atoms with Gasteiger partial charge in [0.2, 0.25) is 21.8 Å². The molecule has 32 heavy (non-hydrogen) atoms. The maximum Gasteiger partial charge on any atom is 0.242 e. The zero-order valence-corrected chi connectivity index (χ0v) is 20.5. The van der Waals surface area contributed by atoms with E-state index in [0.717, 1.165) is 11.8 Å². The minimum Gasteiger partial charge on any atom is -0.357 e. The molecule has 2 amide bonds. The Kier molecular flexibility index (Phi) is 9.36. The number of rotatable bonds is 10. The highest BCUT2D eigenvalue weighted by Gasteiger charge is 2.26. The Labute approximate surface area is 199 Å². The first-order valence-electron chi connectivity index (χ1n) is 10.0. The minimum absolute atomic E-state index is 0.0709. The summed E-state index contributed by atoms with van der Waals surface area (Å²) in [5.41, 5.74) is 1.26. The molecule has 0 aliphatic heterocycles. The van der Waals surface area contributed by atoms with Crippen LogP contribution in [-0.2, 0) is 26.2 Å². The second-order valence-corrected chi connectivity index (χ2v) is 10.1. The number of benzene rings is 2. The number of anilines is 1. The Bertz CT molecular complexity index is 1050. The molecule has 174 valence electrons. The van der Waals surface area contributed by atoms with E-state index in [1.807, 2.05) is 0 Å². The number of hydrogen-bond donors (Lipinski definition) is 1. The van der Waals surface area contributed by atoms with E-state index in [1.54, 1.807) is 55.5 Å². The Morgan fingerprint density at radius 2 is 1.72 bits per heavy atom. The molecule has 0 aliphatic rings. The molecule has 0 saturated carbocycles. The number of halogens is 2. The van der Waals surface area contributed by atoms with Crippen molar-refractivity contribution in [3.8, 4) is 0 Å². The lowest BCUT2D eigenvalue weighted by atomic mass is 10.1. The van der Waals surface area contributed by atoms with Crippen LogP contribution in [0.25, 0.3) is 0 Å². The summed E-state index contributed by atoms with van der Waals surface area (Å²) in [4.78, 5) is 26.7. The summed E-state index contributed by atoms with van der Waals surface area (Å²) in [7, 11) is -2.05. The lowest BCUT2D eigenvalue weighted by Crippen LogP contribution is -2.46. The number of nitrogens with zero attached hydrogens (tertiary/aromatic N) is 2. The van der Waals surface area contributed by atoms with E-state index in [2.05, 4.69) is 5.32 Å². The molecule has 7 nitrogen and oxygen atoms in total. The molecule has 0 fully saturated rings. The zero-order chi connectivity index (χ0) is 23.9. The fraction of sp³-hybridized carbons (Fsp3) is 0.364. The van der Waals surface area contributed by atoms with Crippen LogP contribution < -0.4 is 9.62 Å². The molecule has 10 heteroatoms. The largest absolute Gasteiger partial charge is 0.357 e. The van der Waals surface area contributed by atoms with Crippen LogP contribution in [0.4, 0.5) is 5.69 Å². The van der Waals surface area contributed by atoms with Gasteiger partial charge in [0, 0.05) is 36.6 Å². The van der Waals surface area contributed by atoms with E-state index in [1.165, 1.54) is 16.3 Å². The molecule has 1 N–H and O–H groups in total. The van der Waals surface area contributed by atoms with Crippen molar-refractivity contribution in [1.82, 2.24) is 10.2 Å². The van der Waals surface area contributed by atoms with Gasteiger partial charge in [0.15, 0.2) is 0 Å². The molecule has 0 radical (unpaired) electrons. The number of sulfonamides is 1. The van der Waals surface area contributed by atoms with Gasteiger partial charge in [-0.25, -0.2) is 8.42 Å². The van der Waals surface area contributed by atoms with Crippen LogP contribution in [0.15, 0.2) is 48.5 Å². The number of likely N-dealkylation sites (N-methyl/N-ethyl adjacent to an activating group) is 1. The SMILES string of the molecule is CNC(=O)[C@H](C)N(Cc1ccc(Cl)cc1)C(=O)CCCN(c1cccc(Cl)c1)S(C)(=O)=O. The van der Waals surface area contributed by atoms with Crippen molar-refractivity contribution in [3.05, 3.63) is 64.1 Å². The van der Waals surface area contributed by atoms with Crippen molar-refractivity contribution in [2.75, 3.05) is 24.2 Å². The highest BCUT2D eigenvalue weighted by atomic mass is 35.5. The van der Waals surface area contributed by atoms with Gasteiger partial charge in [-0.05, 0) is 49.2 Å². The quantitative estimate of drug-likeness (QED) is 0.539. The topological polar surface area (TPSA) is 86.8 Å². The standard InChI is InChI=1S/C22H27Cl2N3O4S/c1-16(22(29)25-2)26(15-17-9-11-18(23)12-10-17)21(28)8-5-13-27(32(3,30)31)20-7-4-6-19(24)14-20/h4,6-7,9-12,14,16H,5,8,13,15H2,1-3H3,(H,25,29)/t16-/m0/s1. The maximum absolute atomic E-state index is 13.0. The summed E-state index contributed by atoms with van der Waals surface area (Å²) < 4.78 is 25.8. The Morgan fingerprint density at radius 1 is 1.06 bits per heavy atom. The average molecular weight is 500 g/mol. The molecule has 0 heterocycles. The van der Waals surface area contributed by atoms with Crippen molar-refractivity contribution >= 4 is 50.7 Å². The minimum atomic E-state index is -3.57. The normalized spacial score (nSPS) is 12.2. The van der Waals surface area contributed by atoms with E-state index in [9.17, 15) is 18.0 Å². The van der Waals surface area contributed by atoms with Gasteiger partial charge in [-0.1, -0.05) is 41.4 Å². The number of nitrogens with one attached hydrogen (secondary N) is 1. The predicted octanol–water partition coefficient (Wildman–Crippen LogP) is 3.70. The smallest absolute Gasteiger partial charge is 0.242 e.